The average Bonchev–Trinajstić information content (AvgIpc) is 2.42. The van der Waals surface area contributed by atoms with Crippen LogP contribution in [0.15, 0.2) is 47.6 Å². The number of hydrogen-bond acceptors (Lipinski definition) is 3. The van der Waals surface area contributed by atoms with Crippen molar-refractivity contribution in [2.24, 2.45) is 5.16 Å². The SMILES string of the molecule is Cc1cc(C)cc(NC(=O)CO/N=C\c2cccc(F)c2)c1. The summed E-state index contributed by atoms with van der Waals surface area (Å²) in [5.74, 6) is -0.655. The van der Waals surface area contributed by atoms with Crippen LogP contribution >= 0.6 is 0 Å². The van der Waals surface area contributed by atoms with E-state index < -0.39 is 0 Å². The fourth-order valence-electron chi connectivity index (χ4n) is 2.02. The van der Waals surface area contributed by atoms with Gasteiger partial charge in [-0.3, -0.25) is 4.79 Å². The van der Waals surface area contributed by atoms with Crippen LogP contribution in [0.25, 0.3) is 0 Å². The highest BCUT2D eigenvalue weighted by Gasteiger charge is 2.03. The van der Waals surface area contributed by atoms with E-state index in [2.05, 4.69) is 10.5 Å². The predicted molar refractivity (Wildman–Crippen MR) is 84.5 cm³/mol. The number of rotatable bonds is 5. The summed E-state index contributed by atoms with van der Waals surface area (Å²) in [5, 5.41) is 6.38. The second-order valence-corrected chi connectivity index (χ2v) is 4.99. The van der Waals surface area contributed by atoms with Gasteiger partial charge in [0.25, 0.3) is 5.91 Å². The molecule has 0 aliphatic rings. The van der Waals surface area contributed by atoms with Crippen LogP contribution in [0.2, 0.25) is 0 Å². The number of carbonyl (C=O) groups excluding carboxylic acids is 1. The molecular formula is C17H17FN2O2. The molecule has 2 aromatic carbocycles. The van der Waals surface area contributed by atoms with Crippen molar-refractivity contribution < 1.29 is 14.0 Å². The zero-order valence-electron chi connectivity index (χ0n) is 12.5. The molecule has 1 amide bonds. The summed E-state index contributed by atoms with van der Waals surface area (Å²) in [6.45, 7) is 3.71. The zero-order valence-corrected chi connectivity index (χ0v) is 12.5. The smallest absolute Gasteiger partial charge is 0.265 e. The lowest BCUT2D eigenvalue weighted by atomic mass is 10.1. The number of nitrogens with one attached hydrogen (secondary N) is 1. The van der Waals surface area contributed by atoms with Crippen molar-refractivity contribution in [3.63, 3.8) is 0 Å². The molecule has 4 nitrogen and oxygen atoms in total. The van der Waals surface area contributed by atoms with Crippen LogP contribution in [0.4, 0.5) is 10.1 Å². The van der Waals surface area contributed by atoms with Crippen molar-refractivity contribution in [2.75, 3.05) is 11.9 Å². The van der Waals surface area contributed by atoms with Crippen LogP contribution < -0.4 is 5.32 Å². The summed E-state index contributed by atoms with van der Waals surface area (Å²) >= 11 is 0. The number of amides is 1. The molecule has 0 bridgehead atoms. The maximum absolute atomic E-state index is 12.9. The molecule has 0 aromatic heterocycles. The fourth-order valence-corrected chi connectivity index (χ4v) is 2.02. The molecule has 0 saturated carbocycles. The van der Waals surface area contributed by atoms with Crippen LogP contribution in [0, 0.1) is 19.7 Å². The van der Waals surface area contributed by atoms with Crippen molar-refractivity contribution >= 4 is 17.8 Å². The van der Waals surface area contributed by atoms with Crippen molar-refractivity contribution in [1.29, 1.82) is 0 Å². The summed E-state index contributed by atoms with van der Waals surface area (Å²) in [5.41, 5.74) is 3.43. The lowest BCUT2D eigenvalue weighted by molar-refractivity contribution is -0.120. The van der Waals surface area contributed by atoms with Crippen LogP contribution in [0.5, 0.6) is 0 Å². The normalized spacial score (nSPS) is 10.7. The van der Waals surface area contributed by atoms with E-state index in [0.717, 1.165) is 16.8 Å². The first-order chi connectivity index (χ1) is 10.5. The highest BCUT2D eigenvalue weighted by Crippen LogP contribution is 2.13. The fraction of sp³-hybridized carbons (Fsp3) is 0.176. The van der Waals surface area contributed by atoms with Crippen LogP contribution in [-0.4, -0.2) is 18.7 Å². The number of hydrogen-bond donors (Lipinski definition) is 1. The molecule has 0 spiro atoms. The summed E-state index contributed by atoms with van der Waals surface area (Å²) in [6, 6.07) is 11.7. The van der Waals surface area contributed by atoms with Crippen LogP contribution in [0.1, 0.15) is 16.7 Å². The van der Waals surface area contributed by atoms with E-state index in [9.17, 15) is 9.18 Å². The lowest BCUT2D eigenvalue weighted by Gasteiger charge is -2.06. The molecule has 114 valence electrons. The Balaban J connectivity index is 1.83. The van der Waals surface area contributed by atoms with E-state index in [4.69, 9.17) is 4.84 Å². The summed E-state index contributed by atoms with van der Waals surface area (Å²) < 4.78 is 12.9. The van der Waals surface area contributed by atoms with E-state index in [1.165, 1.54) is 18.3 Å². The van der Waals surface area contributed by atoms with Gasteiger partial charge in [0.1, 0.15) is 5.82 Å². The number of carbonyl (C=O) groups is 1. The second kappa shape index (κ2) is 7.36. The van der Waals surface area contributed by atoms with Gasteiger partial charge in [-0.15, -0.1) is 0 Å². The lowest BCUT2D eigenvalue weighted by Crippen LogP contribution is -2.17. The second-order valence-electron chi connectivity index (χ2n) is 4.99. The van der Waals surface area contributed by atoms with Gasteiger partial charge in [-0.25, -0.2) is 4.39 Å². The topological polar surface area (TPSA) is 50.7 Å². The zero-order chi connectivity index (χ0) is 15.9. The Morgan fingerprint density at radius 3 is 2.64 bits per heavy atom. The van der Waals surface area contributed by atoms with Crippen LogP contribution in [0.3, 0.4) is 0 Å². The van der Waals surface area contributed by atoms with Gasteiger partial charge in [0.2, 0.25) is 0 Å². The van der Waals surface area contributed by atoms with E-state index in [1.807, 2.05) is 32.0 Å². The van der Waals surface area contributed by atoms with Crippen molar-refractivity contribution in [2.45, 2.75) is 13.8 Å². The minimum absolute atomic E-state index is 0.210. The Morgan fingerprint density at radius 2 is 1.95 bits per heavy atom. The molecule has 0 radical (unpaired) electrons. The number of benzene rings is 2. The Hall–Kier alpha value is -2.69. The van der Waals surface area contributed by atoms with Gasteiger partial charge < -0.3 is 10.2 Å². The number of anilines is 1. The summed E-state index contributed by atoms with van der Waals surface area (Å²) in [6.07, 6.45) is 1.35. The number of oxime groups is 1. The van der Waals surface area contributed by atoms with E-state index in [1.54, 1.807) is 12.1 Å². The molecule has 0 saturated heterocycles. The Labute approximate surface area is 128 Å². The number of halogens is 1. The molecule has 2 rings (SSSR count). The molecule has 2 aromatic rings. The number of aryl methyl sites for hydroxylation is 2. The molecule has 0 fully saturated rings. The van der Waals surface area contributed by atoms with E-state index in [-0.39, 0.29) is 18.3 Å². The Bertz CT molecular complexity index is 679. The van der Waals surface area contributed by atoms with Gasteiger partial charge in [0.05, 0.1) is 6.21 Å². The minimum Gasteiger partial charge on any atom is -0.386 e. The van der Waals surface area contributed by atoms with Gasteiger partial charge in [0.15, 0.2) is 6.61 Å². The molecule has 0 aliphatic carbocycles. The molecule has 0 atom stereocenters. The summed E-state index contributed by atoms with van der Waals surface area (Å²) in [4.78, 5) is 16.6. The molecular weight excluding hydrogens is 283 g/mol. The predicted octanol–water partition coefficient (Wildman–Crippen LogP) is 3.43. The largest absolute Gasteiger partial charge is 0.386 e. The Morgan fingerprint density at radius 1 is 1.23 bits per heavy atom. The molecule has 22 heavy (non-hydrogen) atoms. The monoisotopic (exact) mass is 300 g/mol. The van der Waals surface area contributed by atoms with Crippen LogP contribution in [-0.2, 0) is 9.63 Å². The van der Waals surface area contributed by atoms with Gasteiger partial charge in [-0.2, -0.15) is 0 Å². The summed E-state index contributed by atoms with van der Waals surface area (Å²) in [7, 11) is 0. The van der Waals surface area contributed by atoms with Gasteiger partial charge in [-0.1, -0.05) is 23.4 Å². The molecule has 0 aliphatic heterocycles. The number of nitrogens with zero attached hydrogens (tertiary/aromatic N) is 1. The first-order valence-electron chi connectivity index (χ1n) is 6.82. The highest BCUT2D eigenvalue weighted by molar-refractivity contribution is 5.91. The van der Waals surface area contributed by atoms with E-state index in [0.29, 0.717) is 5.56 Å². The molecule has 1 N–H and O–H groups in total. The standard InChI is InChI=1S/C17H17FN2O2/c1-12-6-13(2)8-16(7-12)20-17(21)11-22-19-10-14-4-3-5-15(18)9-14/h3-10H,11H2,1-2H3,(H,20,21)/b19-10-. The van der Waals surface area contributed by atoms with Crippen molar-refractivity contribution in [1.82, 2.24) is 0 Å². The van der Waals surface area contributed by atoms with Gasteiger partial charge in [0, 0.05) is 5.69 Å². The maximum Gasteiger partial charge on any atom is 0.265 e. The maximum atomic E-state index is 12.9. The molecule has 5 heteroatoms. The highest BCUT2D eigenvalue weighted by atomic mass is 19.1. The first-order valence-corrected chi connectivity index (χ1v) is 6.82. The molecule has 0 heterocycles. The third-order valence-corrected chi connectivity index (χ3v) is 2.83. The average molecular weight is 300 g/mol. The van der Waals surface area contributed by atoms with Crippen molar-refractivity contribution in [3.8, 4) is 0 Å². The quantitative estimate of drug-likeness (QED) is 0.679. The third kappa shape index (κ3) is 5.01. The minimum atomic E-state index is -0.350. The van der Waals surface area contributed by atoms with E-state index >= 15 is 0 Å². The Kier molecular flexibility index (Phi) is 5.25. The van der Waals surface area contributed by atoms with Crippen molar-refractivity contribution in [3.05, 3.63) is 65.0 Å². The molecule has 0 unspecified atom stereocenters. The van der Waals surface area contributed by atoms with Gasteiger partial charge >= 0.3 is 0 Å². The first kappa shape index (κ1) is 15.7. The van der Waals surface area contributed by atoms with Gasteiger partial charge in [-0.05, 0) is 54.8 Å². The third-order valence-electron chi connectivity index (χ3n) is 2.83.